The Bertz CT molecular complexity index is 254. The highest BCUT2D eigenvalue weighted by Gasteiger charge is 2.44. The van der Waals surface area contributed by atoms with Crippen molar-refractivity contribution in [3.8, 4) is 0 Å². The number of aliphatic hydroxyl groups is 4. The highest BCUT2D eigenvalue weighted by Crippen LogP contribution is 2.22. The van der Waals surface area contributed by atoms with Crippen molar-refractivity contribution in [2.75, 3.05) is 6.61 Å². The summed E-state index contributed by atoms with van der Waals surface area (Å²) in [6.07, 6.45) is -2.87. The van der Waals surface area contributed by atoms with Gasteiger partial charge in [-0.05, 0) is 13.8 Å². The van der Waals surface area contributed by atoms with Gasteiger partial charge in [0.2, 0.25) is 0 Å². The molecule has 0 aromatic carbocycles. The van der Waals surface area contributed by atoms with E-state index in [4.69, 9.17) is 14.6 Å². The van der Waals surface area contributed by atoms with Crippen molar-refractivity contribution in [3.63, 3.8) is 0 Å². The van der Waals surface area contributed by atoms with Crippen LogP contribution in [-0.2, 0) is 9.47 Å². The Labute approximate surface area is 100 Å². The fourth-order valence-corrected chi connectivity index (χ4v) is 1.71. The van der Waals surface area contributed by atoms with Gasteiger partial charge in [-0.3, -0.25) is 0 Å². The Balaban J connectivity index is 2.65. The standard InChI is InChI=1S/C11H20O6/c1-3-4-6(2)16-11-10(15)9(14)8(13)7(5-12)17-11/h3-4,6-15H,5H2,1-2H3/b4-3+/t6-,7-,8-,9+,10-,11-/m1/s1. The molecule has 17 heavy (non-hydrogen) atoms. The summed E-state index contributed by atoms with van der Waals surface area (Å²) in [6, 6.07) is 0. The van der Waals surface area contributed by atoms with Crippen molar-refractivity contribution in [2.45, 2.75) is 50.7 Å². The average Bonchev–Trinajstić information content (AvgIpc) is 2.30. The number of ether oxygens (including phenoxy) is 2. The Morgan fingerprint density at radius 1 is 1.24 bits per heavy atom. The van der Waals surface area contributed by atoms with E-state index in [1.54, 1.807) is 19.1 Å². The second-order valence-electron chi connectivity index (χ2n) is 4.06. The van der Waals surface area contributed by atoms with Crippen molar-refractivity contribution < 1.29 is 29.9 Å². The fourth-order valence-electron chi connectivity index (χ4n) is 1.71. The molecule has 0 aliphatic carbocycles. The second kappa shape index (κ2) is 6.44. The maximum absolute atomic E-state index is 9.67. The SMILES string of the molecule is C/C=C/[C@@H](C)O[C@@H]1O[C@H](CO)[C@@H](O)[C@H](O)[C@H]1O. The lowest BCUT2D eigenvalue weighted by atomic mass is 9.99. The molecule has 6 heteroatoms. The summed E-state index contributed by atoms with van der Waals surface area (Å²) in [6.45, 7) is 3.12. The molecule has 1 heterocycles. The lowest BCUT2D eigenvalue weighted by molar-refractivity contribution is -0.306. The van der Waals surface area contributed by atoms with E-state index in [0.29, 0.717) is 0 Å². The predicted octanol–water partition coefficient (Wildman–Crippen LogP) is -1.23. The summed E-state index contributed by atoms with van der Waals surface area (Å²) in [5.41, 5.74) is 0. The molecule has 1 aliphatic heterocycles. The Hall–Kier alpha value is -0.500. The van der Waals surface area contributed by atoms with Crippen LogP contribution in [0.25, 0.3) is 0 Å². The summed E-state index contributed by atoms with van der Waals surface area (Å²) in [5, 5.41) is 37.7. The zero-order chi connectivity index (χ0) is 13.0. The maximum Gasteiger partial charge on any atom is 0.187 e. The predicted molar refractivity (Wildman–Crippen MR) is 59.1 cm³/mol. The summed E-state index contributed by atoms with van der Waals surface area (Å²) < 4.78 is 10.5. The first kappa shape index (κ1) is 14.6. The lowest BCUT2D eigenvalue weighted by Gasteiger charge is -2.40. The van der Waals surface area contributed by atoms with Crippen LogP contribution in [0.1, 0.15) is 13.8 Å². The molecule has 0 unspecified atom stereocenters. The molecular weight excluding hydrogens is 228 g/mol. The van der Waals surface area contributed by atoms with Gasteiger partial charge in [0.05, 0.1) is 12.7 Å². The normalized spacial score (nSPS) is 40.7. The minimum atomic E-state index is -1.40. The third kappa shape index (κ3) is 3.48. The molecule has 6 nitrogen and oxygen atoms in total. The van der Waals surface area contributed by atoms with Gasteiger partial charge >= 0.3 is 0 Å². The fraction of sp³-hybridized carbons (Fsp3) is 0.818. The van der Waals surface area contributed by atoms with E-state index in [1.165, 1.54) is 0 Å². The summed E-state index contributed by atoms with van der Waals surface area (Å²) in [7, 11) is 0. The van der Waals surface area contributed by atoms with Crippen molar-refractivity contribution in [1.29, 1.82) is 0 Å². The molecule has 100 valence electrons. The highest BCUT2D eigenvalue weighted by molar-refractivity contribution is 4.91. The lowest BCUT2D eigenvalue weighted by Crippen LogP contribution is -2.59. The summed E-state index contributed by atoms with van der Waals surface area (Å²) >= 11 is 0. The maximum atomic E-state index is 9.67. The molecule has 1 rings (SSSR count). The van der Waals surface area contributed by atoms with E-state index in [1.807, 2.05) is 6.92 Å². The van der Waals surface area contributed by atoms with Crippen LogP contribution in [0.3, 0.4) is 0 Å². The van der Waals surface area contributed by atoms with Gasteiger partial charge < -0.3 is 29.9 Å². The molecule has 0 amide bonds. The molecule has 0 spiro atoms. The van der Waals surface area contributed by atoms with Crippen LogP contribution in [-0.4, -0.2) is 63.8 Å². The third-order valence-electron chi connectivity index (χ3n) is 2.66. The molecular formula is C11H20O6. The average molecular weight is 248 g/mol. The smallest absolute Gasteiger partial charge is 0.187 e. The van der Waals surface area contributed by atoms with Gasteiger partial charge in [0.1, 0.15) is 24.4 Å². The van der Waals surface area contributed by atoms with Crippen LogP contribution >= 0.6 is 0 Å². The van der Waals surface area contributed by atoms with Crippen molar-refractivity contribution in [2.24, 2.45) is 0 Å². The van der Waals surface area contributed by atoms with Crippen LogP contribution in [0, 0.1) is 0 Å². The van der Waals surface area contributed by atoms with E-state index in [-0.39, 0.29) is 6.10 Å². The first-order valence-corrected chi connectivity index (χ1v) is 5.60. The van der Waals surface area contributed by atoms with Gasteiger partial charge in [-0.2, -0.15) is 0 Å². The molecule has 0 radical (unpaired) electrons. The number of allylic oxidation sites excluding steroid dienone is 1. The third-order valence-corrected chi connectivity index (χ3v) is 2.66. The Morgan fingerprint density at radius 3 is 2.41 bits per heavy atom. The number of aliphatic hydroxyl groups excluding tert-OH is 4. The summed E-state index contributed by atoms with van der Waals surface area (Å²) in [5.74, 6) is 0. The molecule has 4 N–H and O–H groups in total. The van der Waals surface area contributed by atoms with Crippen LogP contribution in [0.4, 0.5) is 0 Å². The van der Waals surface area contributed by atoms with Crippen LogP contribution in [0.5, 0.6) is 0 Å². The summed E-state index contributed by atoms with van der Waals surface area (Å²) in [4.78, 5) is 0. The number of hydrogen-bond acceptors (Lipinski definition) is 6. The molecule has 0 saturated carbocycles. The molecule has 0 aromatic rings. The van der Waals surface area contributed by atoms with Gasteiger partial charge in [0, 0.05) is 0 Å². The van der Waals surface area contributed by atoms with Gasteiger partial charge in [0.15, 0.2) is 6.29 Å². The van der Waals surface area contributed by atoms with E-state index < -0.39 is 37.3 Å². The minimum Gasteiger partial charge on any atom is -0.394 e. The van der Waals surface area contributed by atoms with Crippen molar-refractivity contribution in [1.82, 2.24) is 0 Å². The van der Waals surface area contributed by atoms with Crippen molar-refractivity contribution in [3.05, 3.63) is 12.2 Å². The van der Waals surface area contributed by atoms with Gasteiger partial charge in [0.25, 0.3) is 0 Å². The van der Waals surface area contributed by atoms with Crippen LogP contribution in [0.15, 0.2) is 12.2 Å². The quantitative estimate of drug-likeness (QED) is 0.465. The zero-order valence-corrected chi connectivity index (χ0v) is 9.93. The minimum absolute atomic E-state index is 0.304. The molecule has 6 atom stereocenters. The van der Waals surface area contributed by atoms with Crippen LogP contribution < -0.4 is 0 Å². The topological polar surface area (TPSA) is 99.4 Å². The zero-order valence-electron chi connectivity index (χ0n) is 9.93. The second-order valence-corrected chi connectivity index (χ2v) is 4.06. The van der Waals surface area contributed by atoms with Gasteiger partial charge in [-0.15, -0.1) is 0 Å². The monoisotopic (exact) mass is 248 g/mol. The van der Waals surface area contributed by atoms with E-state index in [9.17, 15) is 15.3 Å². The number of hydrogen-bond donors (Lipinski definition) is 4. The molecule has 0 bridgehead atoms. The van der Waals surface area contributed by atoms with E-state index >= 15 is 0 Å². The van der Waals surface area contributed by atoms with Gasteiger partial charge in [-0.25, -0.2) is 0 Å². The first-order valence-electron chi connectivity index (χ1n) is 5.60. The van der Waals surface area contributed by atoms with E-state index in [2.05, 4.69) is 0 Å². The van der Waals surface area contributed by atoms with Gasteiger partial charge in [-0.1, -0.05) is 12.2 Å². The Kier molecular flexibility index (Phi) is 5.51. The Morgan fingerprint density at radius 2 is 1.88 bits per heavy atom. The van der Waals surface area contributed by atoms with E-state index in [0.717, 1.165) is 0 Å². The molecule has 1 fully saturated rings. The molecule has 0 aromatic heterocycles. The van der Waals surface area contributed by atoms with Crippen molar-refractivity contribution >= 4 is 0 Å². The number of rotatable bonds is 4. The largest absolute Gasteiger partial charge is 0.394 e. The molecule has 1 aliphatic rings. The van der Waals surface area contributed by atoms with Crippen LogP contribution in [0.2, 0.25) is 0 Å². The highest BCUT2D eigenvalue weighted by atomic mass is 16.7. The first-order chi connectivity index (χ1) is 8.01. The molecule has 1 saturated heterocycles.